The van der Waals surface area contributed by atoms with Crippen LogP contribution in [0.3, 0.4) is 0 Å². The van der Waals surface area contributed by atoms with Crippen molar-refractivity contribution >= 4 is 31.8 Å². The van der Waals surface area contributed by atoms with Crippen molar-refractivity contribution in [2.45, 2.75) is 100 Å². The zero-order valence-corrected chi connectivity index (χ0v) is 26.7. The van der Waals surface area contributed by atoms with Gasteiger partial charge >= 0.3 is 0 Å². The van der Waals surface area contributed by atoms with Crippen LogP contribution in [0.5, 0.6) is 0 Å². The molecule has 0 N–H and O–H groups in total. The largest absolute Gasteiger partial charge is 0.0965 e. The van der Waals surface area contributed by atoms with Gasteiger partial charge in [0.15, 0.2) is 0 Å². The van der Waals surface area contributed by atoms with Gasteiger partial charge < -0.3 is 0 Å². The average molecular weight is 579 g/mol. The van der Waals surface area contributed by atoms with Crippen LogP contribution in [-0.2, 0) is 0 Å². The lowest BCUT2D eigenvalue weighted by molar-refractivity contribution is 0.433. The molecule has 5 aliphatic carbocycles. The minimum Gasteiger partial charge on any atom is -0.0965 e. The van der Waals surface area contributed by atoms with Crippen molar-refractivity contribution in [2.75, 3.05) is 0 Å². The fourth-order valence-electron chi connectivity index (χ4n) is 10.8. The van der Waals surface area contributed by atoms with E-state index in [1.54, 1.807) is 62.2 Å². The highest BCUT2D eigenvalue weighted by molar-refractivity contribution is 7.79. The van der Waals surface area contributed by atoms with Gasteiger partial charge in [0.25, 0.3) is 0 Å². The Hall–Kier alpha value is -1.48. The molecule has 4 bridgehead atoms. The van der Waals surface area contributed by atoms with E-state index in [9.17, 15) is 0 Å². The van der Waals surface area contributed by atoms with E-state index in [2.05, 4.69) is 91.9 Å². The molecule has 5 fully saturated rings. The quantitative estimate of drug-likeness (QED) is 0.234. The second kappa shape index (κ2) is 11.5. The fraction of sp³-hybridized carbons (Fsp3) is 0.538. The Morgan fingerprint density at radius 3 is 1.68 bits per heavy atom. The summed E-state index contributed by atoms with van der Waals surface area (Å²) in [7, 11) is -0.446. The number of fused-ring (bicyclic) bond motifs is 4. The topological polar surface area (TPSA) is 0 Å². The zero-order valence-electron chi connectivity index (χ0n) is 25.0. The van der Waals surface area contributed by atoms with Crippen molar-refractivity contribution in [3.05, 3.63) is 90.5 Å². The molecule has 214 valence electrons. The van der Waals surface area contributed by atoms with Crippen LogP contribution in [0.2, 0.25) is 0 Å². The summed E-state index contributed by atoms with van der Waals surface area (Å²) in [5.74, 6) is 5.96. The molecule has 2 heteroatoms. The normalized spacial score (nSPS) is 35.4. The number of hydrogen-bond donors (Lipinski definition) is 0. The van der Waals surface area contributed by atoms with Gasteiger partial charge in [-0.1, -0.05) is 119 Å². The minimum absolute atomic E-state index is 0.111. The second-order valence-electron chi connectivity index (χ2n) is 14.4. The zero-order chi connectivity index (χ0) is 27.3. The highest BCUT2D eigenvalue weighted by Crippen LogP contribution is 2.71. The van der Waals surface area contributed by atoms with Crippen LogP contribution in [0.25, 0.3) is 0 Å². The van der Waals surface area contributed by atoms with E-state index in [0.717, 1.165) is 52.5 Å². The Morgan fingerprint density at radius 1 is 0.585 bits per heavy atom. The molecular formula is C39H48P2. The SMILES string of the molecule is C[C@@H](C1CCCC1c1ccccc1P(c1ccccc1)c1ccccc1)P([C@@H]1C[C@@H]2CC[C@H]1C2)[C@H]1C[C@H]2CC[C@@H]1C2. The lowest BCUT2D eigenvalue weighted by Crippen LogP contribution is -2.34. The summed E-state index contributed by atoms with van der Waals surface area (Å²) >= 11 is 0. The molecule has 0 aliphatic heterocycles. The number of hydrogen-bond acceptors (Lipinski definition) is 0. The van der Waals surface area contributed by atoms with Gasteiger partial charge in [0.2, 0.25) is 0 Å². The lowest BCUT2D eigenvalue weighted by atomic mass is 9.87. The summed E-state index contributed by atoms with van der Waals surface area (Å²) in [6, 6.07) is 32.6. The summed E-state index contributed by atoms with van der Waals surface area (Å²) in [6.45, 7) is 2.80. The van der Waals surface area contributed by atoms with E-state index < -0.39 is 7.92 Å². The molecule has 0 spiro atoms. The van der Waals surface area contributed by atoms with Crippen LogP contribution in [0.15, 0.2) is 84.9 Å². The Labute approximate surface area is 251 Å². The molecule has 8 rings (SSSR count). The predicted octanol–water partition coefficient (Wildman–Crippen LogP) is 9.58. The lowest BCUT2D eigenvalue weighted by Gasteiger charge is -2.45. The third-order valence-electron chi connectivity index (χ3n) is 12.4. The van der Waals surface area contributed by atoms with Gasteiger partial charge in [0.05, 0.1) is 0 Å². The predicted molar refractivity (Wildman–Crippen MR) is 180 cm³/mol. The van der Waals surface area contributed by atoms with Gasteiger partial charge in [-0.3, -0.25) is 0 Å². The van der Waals surface area contributed by atoms with Crippen molar-refractivity contribution in [3.8, 4) is 0 Å². The van der Waals surface area contributed by atoms with Crippen LogP contribution in [-0.4, -0.2) is 17.0 Å². The van der Waals surface area contributed by atoms with Crippen LogP contribution in [0.4, 0.5) is 0 Å². The third-order valence-corrected chi connectivity index (χ3v) is 19.1. The highest BCUT2D eigenvalue weighted by Gasteiger charge is 2.53. The van der Waals surface area contributed by atoms with Crippen molar-refractivity contribution in [1.82, 2.24) is 0 Å². The average Bonchev–Trinajstić information content (AvgIpc) is 3.86. The summed E-state index contributed by atoms with van der Waals surface area (Å²) in [4.78, 5) is 0. The molecule has 5 saturated carbocycles. The van der Waals surface area contributed by atoms with Crippen LogP contribution in [0, 0.1) is 29.6 Å². The van der Waals surface area contributed by atoms with Gasteiger partial charge in [-0.2, -0.15) is 0 Å². The Balaban J connectivity index is 1.16. The highest BCUT2D eigenvalue weighted by atomic mass is 31.1. The molecule has 0 amide bonds. The smallest absolute Gasteiger partial charge is 0.0116 e. The van der Waals surface area contributed by atoms with Crippen molar-refractivity contribution in [1.29, 1.82) is 0 Å². The van der Waals surface area contributed by atoms with Crippen molar-refractivity contribution in [2.24, 2.45) is 29.6 Å². The Morgan fingerprint density at radius 2 is 1.15 bits per heavy atom. The summed E-state index contributed by atoms with van der Waals surface area (Å²) in [5.41, 5.74) is 4.84. The first-order chi connectivity index (χ1) is 20.2. The first-order valence-corrected chi connectivity index (χ1v) is 19.9. The van der Waals surface area contributed by atoms with E-state index in [-0.39, 0.29) is 7.92 Å². The molecule has 3 unspecified atom stereocenters. The second-order valence-corrected chi connectivity index (χ2v) is 19.7. The molecule has 3 aromatic carbocycles. The van der Waals surface area contributed by atoms with E-state index in [0.29, 0.717) is 0 Å². The van der Waals surface area contributed by atoms with Crippen LogP contribution >= 0.6 is 15.8 Å². The van der Waals surface area contributed by atoms with E-state index in [1.165, 1.54) is 29.9 Å². The maximum atomic E-state index is 2.80. The van der Waals surface area contributed by atoms with Crippen molar-refractivity contribution < 1.29 is 0 Å². The molecule has 41 heavy (non-hydrogen) atoms. The number of rotatable bonds is 8. The van der Waals surface area contributed by atoms with Gasteiger partial charge in [-0.05, 0) is 133 Å². The molecule has 0 radical (unpaired) electrons. The summed E-state index contributed by atoms with van der Waals surface area (Å²) in [6.07, 6.45) is 16.9. The molecule has 0 aromatic heterocycles. The Bertz CT molecular complexity index is 1250. The minimum atomic E-state index is -0.557. The third kappa shape index (κ3) is 4.98. The molecule has 10 atom stereocenters. The first kappa shape index (κ1) is 27.1. The molecule has 0 nitrogen and oxygen atoms in total. The van der Waals surface area contributed by atoms with E-state index in [1.807, 2.05) is 0 Å². The van der Waals surface area contributed by atoms with Gasteiger partial charge in [-0.15, -0.1) is 0 Å². The van der Waals surface area contributed by atoms with Gasteiger partial charge in [0, 0.05) is 0 Å². The molecule has 0 saturated heterocycles. The summed E-state index contributed by atoms with van der Waals surface area (Å²) < 4.78 is 0. The maximum Gasteiger partial charge on any atom is -0.0116 e. The fourth-order valence-corrected chi connectivity index (χ4v) is 18.4. The molecule has 5 aliphatic rings. The van der Waals surface area contributed by atoms with E-state index in [4.69, 9.17) is 0 Å². The maximum absolute atomic E-state index is 2.80. The standard InChI is InChI=1S/C39H48P2/c1-27(40(38-25-28-19-21-30(38)23-28)39-26-29-20-22-31(39)24-29)34-16-10-17-35(34)36-15-8-9-18-37(36)41(32-11-4-2-5-12-32)33-13-6-3-7-14-33/h2-9,11-15,18,27-31,34-35,38-39H,10,16-17,19-26H2,1H3/t27-,28-,29+,30+,31-,34?,35?,38-,39+,40?/m0/s1. The molecule has 3 aromatic rings. The Kier molecular flexibility index (Phi) is 7.63. The van der Waals surface area contributed by atoms with Crippen LogP contribution < -0.4 is 15.9 Å². The molecule has 0 heterocycles. The number of benzene rings is 3. The van der Waals surface area contributed by atoms with E-state index >= 15 is 0 Å². The van der Waals surface area contributed by atoms with Crippen molar-refractivity contribution in [3.63, 3.8) is 0 Å². The first-order valence-electron chi connectivity index (χ1n) is 17.0. The summed E-state index contributed by atoms with van der Waals surface area (Å²) in [5, 5.41) is 4.62. The van der Waals surface area contributed by atoms with Crippen LogP contribution in [0.1, 0.15) is 89.0 Å². The monoisotopic (exact) mass is 578 g/mol. The van der Waals surface area contributed by atoms with Gasteiger partial charge in [-0.25, -0.2) is 0 Å². The molecular weight excluding hydrogens is 530 g/mol. The van der Waals surface area contributed by atoms with Gasteiger partial charge in [0.1, 0.15) is 0 Å².